The molecule has 1 N–H and O–H groups in total. The predicted molar refractivity (Wildman–Crippen MR) is 103 cm³/mol. The Morgan fingerprint density at radius 3 is 2.74 bits per heavy atom. The number of thiazole rings is 1. The first kappa shape index (κ1) is 19.8. The van der Waals surface area contributed by atoms with Crippen molar-refractivity contribution in [2.75, 3.05) is 13.2 Å². The molecule has 0 unspecified atom stereocenters. The van der Waals surface area contributed by atoms with Gasteiger partial charge in [0, 0.05) is 11.9 Å². The minimum Gasteiger partial charge on any atom is -0.494 e. The first-order valence-electron chi connectivity index (χ1n) is 8.85. The van der Waals surface area contributed by atoms with Crippen LogP contribution in [0.5, 0.6) is 5.75 Å². The summed E-state index contributed by atoms with van der Waals surface area (Å²) in [4.78, 5) is 17.1. The smallest absolute Gasteiger partial charge is 0.243 e. The number of amides is 1. The molecule has 7 nitrogen and oxygen atoms in total. The van der Waals surface area contributed by atoms with Crippen molar-refractivity contribution < 1.29 is 17.9 Å². The number of sulfonamides is 1. The van der Waals surface area contributed by atoms with E-state index < -0.39 is 16.1 Å². The van der Waals surface area contributed by atoms with Crippen LogP contribution in [0.1, 0.15) is 30.5 Å². The molecule has 0 spiro atoms. The quantitative estimate of drug-likeness (QED) is 0.758. The van der Waals surface area contributed by atoms with Crippen LogP contribution in [0, 0.1) is 6.92 Å². The van der Waals surface area contributed by atoms with E-state index in [1.807, 2.05) is 19.2 Å². The van der Waals surface area contributed by atoms with Crippen molar-refractivity contribution in [1.82, 2.24) is 14.6 Å². The summed E-state index contributed by atoms with van der Waals surface area (Å²) in [6.07, 6.45) is 1.17. The van der Waals surface area contributed by atoms with Crippen LogP contribution in [-0.4, -0.2) is 42.8 Å². The van der Waals surface area contributed by atoms with E-state index in [0.717, 1.165) is 10.7 Å². The number of carbonyl (C=O) groups is 1. The van der Waals surface area contributed by atoms with E-state index in [4.69, 9.17) is 4.74 Å². The van der Waals surface area contributed by atoms with Crippen molar-refractivity contribution >= 4 is 27.3 Å². The normalized spacial score (nSPS) is 17.8. The molecule has 2 aromatic rings. The van der Waals surface area contributed by atoms with E-state index in [1.54, 1.807) is 12.1 Å². The molecule has 27 heavy (non-hydrogen) atoms. The van der Waals surface area contributed by atoms with Gasteiger partial charge in [-0.15, -0.1) is 11.3 Å². The number of aromatic nitrogens is 1. The average Bonchev–Trinajstić information content (AvgIpc) is 3.30. The molecule has 1 amide bonds. The van der Waals surface area contributed by atoms with E-state index in [2.05, 4.69) is 10.3 Å². The average molecular weight is 410 g/mol. The van der Waals surface area contributed by atoms with Gasteiger partial charge in [-0.1, -0.05) is 0 Å². The maximum Gasteiger partial charge on any atom is 0.243 e. The van der Waals surface area contributed by atoms with E-state index in [0.29, 0.717) is 38.3 Å². The van der Waals surface area contributed by atoms with Crippen LogP contribution >= 0.6 is 11.3 Å². The molecule has 0 aliphatic carbocycles. The lowest BCUT2D eigenvalue weighted by Gasteiger charge is -2.23. The highest BCUT2D eigenvalue weighted by molar-refractivity contribution is 7.89. The molecule has 9 heteroatoms. The Morgan fingerprint density at radius 2 is 2.11 bits per heavy atom. The second-order valence-electron chi connectivity index (χ2n) is 6.25. The molecule has 1 fully saturated rings. The van der Waals surface area contributed by atoms with E-state index in [-0.39, 0.29) is 10.8 Å². The number of nitrogens with zero attached hydrogens (tertiary/aromatic N) is 2. The molecule has 1 aromatic carbocycles. The zero-order valence-corrected chi connectivity index (χ0v) is 17.0. The molecule has 3 rings (SSSR count). The van der Waals surface area contributed by atoms with Gasteiger partial charge in [-0.3, -0.25) is 4.79 Å². The first-order chi connectivity index (χ1) is 12.9. The topological polar surface area (TPSA) is 88.6 Å². The van der Waals surface area contributed by atoms with Crippen molar-refractivity contribution in [3.8, 4) is 5.75 Å². The van der Waals surface area contributed by atoms with Crippen LogP contribution in [0.15, 0.2) is 34.5 Å². The van der Waals surface area contributed by atoms with Crippen LogP contribution in [0.3, 0.4) is 0 Å². The van der Waals surface area contributed by atoms with Gasteiger partial charge >= 0.3 is 0 Å². The number of benzene rings is 1. The third-order valence-corrected chi connectivity index (χ3v) is 7.10. The Bertz CT molecular complexity index is 894. The van der Waals surface area contributed by atoms with E-state index >= 15 is 0 Å². The number of ether oxygens (including phenoxy) is 1. The highest BCUT2D eigenvalue weighted by Gasteiger charge is 2.39. The molecule has 0 radical (unpaired) electrons. The Morgan fingerprint density at radius 1 is 1.37 bits per heavy atom. The molecule has 1 aliphatic heterocycles. The van der Waals surface area contributed by atoms with Gasteiger partial charge in [0.1, 0.15) is 11.8 Å². The van der Waals surface area contributed by atoms with Gasteiger partial charge in [0.2, 0.25) is 15.9 Å². The van der Waals surface area contributed by atoms with Gasteiger partial charge < -0.3 is 10.1 Å². The zero-order valence-electron chi connectivity index (χ0n) is 15.3. The van der Waals surface area contributed by atoms with Crippen LogP contribution in [0.2, 0.25) is 0 Å². The van der Waals surface area contributed by atoms with Crippen LogP contribution in [0.25, 0.3) is 0 Å². The largest absolute Gasteiger partial charge is 0.494 e. The van der Waals surface area contributed by atoms with Crippen molar-refractivity contribution in [2.45, 2.75) is 44.2 Å². The summed E-state index contributed by atoms with van der Waals surface area (Å²) < 4.78 is 32.6. The Balaban J connectivity index is 1.71. The lowest BCUT2D eigenvalue weighted by molar-refractivity contribution is -0.124. The van der Waals surface area contributed by atoms with Gasteiger partial charge in [-0.2, -0.15) is 4.31 Å². The van der Waals surface area contributed by atoms with E-state index in [9.17, 15) is 13.2 Å². The Hall–Kier alpha value is -1.97. The third-order valence-electron chi connectivity index (χ3n) is 4.36. The van der Waals surface area contributed by atoms with Crippen molar-refractivity contribution in [3.63, 3.8) is 0 Å². The fourth-order valence-corrected chi connectivity index (χ4v) is 5.35. The predicted octanol–water partition coefficient (Wildman–Crippen LogP) is 2.32. The lowest BCUT2D eigenvalue weighted by Crippen LogP contribution is -2.45. The van der Waals surface area contributed by atoms with Crippen LogP contribution < -0.4 is 10.1 Å². The number of nitrogens with one attached hydrogen (secondary N) is 1. The summed E-state index contributed by atoms with van der Waals surface area (Å²) in [5.41, 5.74) is 0.782. The summed E-state index contributed by atoms with van der Waals surface area (Å²) in [7, 11) is -3.74. The van der Waals surface area contributed by atoms with Gasteiger partial charge in [0.25, 0.3) is 0 Å². The molecule has 2 heterocycles. The number of hydrogen-bond donors (Lipinski definition) is 1. The monoisotopic (exact) mass is 409 g/mol. The van der Waals surface area contributed by atoms with Crippen molar-refractivity contribution in [3.05, 3.63) is 40.3 Å². The number of carbonyl (C=O) groups excluding carboxylic acids is 1. The van der Waals surface area contributed by atoms with Crippen molar-refractivity contribution in [1.29, 1.82) is 0 Å². The summed E-state index contributed by atoms with van der Waals surface area (Å²) in [5.74, 6) is 0.332. The summed E-state index contributed by atoms with van der Waals surface area (Å²) >= 11 is 1.52. The molecular weight excluding hydrogens is 386 g/mol. The molecule has 1 saturated heterocycles. The fraction of sp³-hybridized carbons (Fsp3) is 0.444. The van der Waals surface area contributed by atoms with Gasteiger partial charge in [-0.05, 0) is 51.0 Å². The van der Waals surface area contributed by atoms with Crippen molar-refractivity contribution in [2.24, 2.45) is 0 Å². The van der Waals surface area contributed by atoms with Gasteiger partial charge in [0.15, 0.2) is 0 Å². The molecule has 1 atom stereocenters. The SMILES string of the molecule is CCOc1ccc(S(=O)(=O)N2CCC[C@@H]2C(=O)NCc2csc(C)n2)cc1. The maximum atomic E-state index is 13.0. The minimum atomic E-state index is -3.74. The first-order valence-corrected chi connectivity index (χ1v) is 11.2. The zero-order chi connectivity index (χ0) is 19.4. The van der Waals surface area contributed by atoms with Gasteiger partial charge in [0.05, 0.1) is 28.7 Å². The number of rotatable bonds is 7. The van der Waals surface area contributed by atoms with Crippen LogP contribution in [0.4, 0.5) is 0 Å². The summed E-state index contributed by atoms with van der Waals surface area (Å²) in [6, 6.07) is 5.61. The molecule has 1 aliphatic rings. The highest BCUT2D eigenvalue weighted by atomic mass is 32.2. The minimum absolute atomic E-state index is 0.167. The third kappa shape index (κ3) is 4.48. The highest BCUT2D eigenvalue weighted by Crippen LogP contribution is 2.27. The lowest BCUT2D eigenvalue weighted by atomic mass is 10.2. The fourth-order valence-electron chi connectivity index (χ4n) is 3.08. The number of aryl methyl sites for hydroxylation is 1. The molecule has 0 saturated carbocycles. The maximum absolute atomic E-state index is 13.0. The molecule has 1 aromatic heterocycles. The number of hydrogen-bond acceptors (Lipinski definition) is 6. The van der Waals surface area contributed by atoms with Crippen LogP contribution in [-0.2, 0) is 21.4 Å². The second kappa shape index (κ2) is 8.37. The Kier molecular flexibility index (Phi) is 6.13. The van der Waals surface area contributed by atoms with Gasteiger partial charge in [-0.25, -0.2) is 13.4 Å². The molecule has 0 bridgehead atoms. The molecule has 146 valence electrons. The summed E-state index contributed by atoms with van der Waals surface area (Å²) in [5, 5.41) is 5.63. The Labute approximate surface area is 163 Å². The van der Waals surface area contributed by atoms with E-state index in [1.165, 1.54) is 27.8 Å². The second-order valence-corrected chi connectivity index (χ2v) is 9.21. The molecular formula is C18H23N3O4S2. The summed E-state index contributed by atoms with van der Waals surface area (Å²) in [6.45, 7) is 4.92. The standard InChI is InChI=1S/C18H23N3O4S2/c1-3-25-15-6-8-16(9-7-15)27(23,24)21-10-4-5-17(21)18(22)19-11-14-12-26-13(2)20-14/h6-9,12,17H,3-5,10-11H2,1-2H3,(H,19,22)/t17-/m1/s1.